The quantitative estimate of drug-likeness (QED) is 0.649. The van der Waals surface area contributed by atoms with Crippen LogP contribution in [-0.4, -0.2) is 12.5 Å². The lowest BCUT2D eigenvalue weighted by atomic mass is 9.96. The van der Waals surface area contributed by atoms with Crippen molar-refractivity contribution < 1.29 is 0 Å². The second-order valence-corrected chi connectivity index (χ2v) is 7.32. The summed E-state index contributed by atoms with van der Waals surface area (Å²) in [6, 6.07) is 7.07. The van der Waals surface area contributed by atoms with Gasteiger partial charge in [0.15, 0.2) is 0 Å². The highest BCUT2D eigenvalue weighted by molar-refractivity contribution is 8.03. The van der Waals surface area contributed by atoms with Crippen LogP contribution in [0, 0.1) is 0 Å². The largest absolute Gasteiger partial charge is 0.130 e. The molecule has 0 saturated heterocycles. The van der Waals surface area contributed by atoms with Crippen molar-refractivity contribution in [2.45, 2.75) is 26.7 Å². The van der Waals surface area contributed by atoms with Crippen LogP contribution in [0.25, 0.3) is 5.57 Å². The van der Waals surface area contributed by atoms with E-state index in [0.717, 1.165) is 12.8 Å². The van der Waals surface area contributed by atoms with E-state index in [9.17, 15) is 0 Å². The minimum Gasteiger partial charge on any atom is -0.130 e. The summed E-state index contributed by atoms with van der Waals surface area (Å²) in [4.78, 5) is 2.76. The van der Waals surface area contributed by atoms with Gasteiger partial charge in [-0.25, -0.2) is 0 Å². The third kappa shape index (κ3) is 2.75. The van der Waals surface area contributed by atoms with Crippen molar-refractivity contribution in [2.75, 3.05) is 12.5 Å². The summed E-state index contributed by atoms with van der Waals surface area (Å²) in [7, 11) is 0. The highest BCUT2D eigenvalue weighted by atomic mass is 32.2. The van der Waals surface area contributed by atoms with Crippen LogP contribution in [0.5, 0.6) is 0 Å². The van der Waals surface area contributed by atoms with Crippen molar-refractivity contribution in [2.24, 2.45) is 0 Å². The Hall–Kier alpha value is -1.12. The predicted octanol–water partition coefficient (Wildman–Crippen LogP) is 6.01. The highest BCUT2D eigenvalue weighted by Gasteiger charge is 2.25. The maximum absolute atomic E-state index is 2.37. The number of allylic oxidation sites excluding steroid dienone is 6. The molecule has 0 heterocycles. The lowest BCUT2D eigenvalue weighted by molar-refractivity contribution is 1.08. The third-order valence-electron chi connectivity index (χ3n) is 4.33. The van der Waals surface area contributed by atoms with E-state index in [1.807, 2.05) is 23.5 Å². The van der Waals surface area contributed by atoms with Crippen molar-refractivity contribution >= 4 is 29.1 Å². The fourth-order valence-corrected chi connectivity index (χ4v) is 4.14. The first-order valence-electron chi connectivity index (χ1n) is 7.81. The number of rotatable bonds is 5. The van der Waals surface area contributed by atoms with Crippen LogP contribution in [0.1, 0.15) is 30.5 Å². The fourth-order valence-electron chi connectivity index (χ4n) is 3.05. The van der Waals surface area contributed by atoms with E-state index in [-0.39, 0.29) is 0 Å². The molecule has 0 radical (unpaired) electrons. The first-order chi connectivity index (χ1) is 10.7. The Morgan fingerprint density at radius 3 is 2.00 bits per heavy atom. The fraction of sp³-hybridized carbons (Fsp3) is 0.300. The number of hydrogen-bond acceptors (Lipinski definition) is 2. The molecule has 2 aliphatic carbocycles. The van der Waals surface area contributed by atoms with Gasteiger partial charge in [0, 0.05) is 9.81 Å². The van der Waals surface area contributed by atoms with E-state index >= 15 is 0 Å². The molecule has 2 heteroatoms. The Morgan fingerprint density at radius 1 is 0.773 bits per heavy atom. The number of fused-ring (bicyclic) bond motifs is 1. The molecule has 0 unspecified atom stereocenters. The van der Waals surface area contributed by atoms with Crippen molar-refractivity contribution in [1.82, 2.24) is 0 Å². The summed E-state index contributed by atoms with van der Waals surface area (Å²) in [5, 5.41) is 0. The van der Waals surface area contributed by atoms with Gasteiger partial charge in [0.05, 0.1) is 0 Å². The Labute approximate surface area is 142 Å². The van der Waals surface area contributed by atoms with Gasteiger partial charge in [-0.2, -0.15) is 0 Å². The molecular weight excluding hydrogens is 304 g/mol. The first-order valence-corrected chi connectivity index (χ1v) is 10.3. The number of benzene rings is 1. The summed E-state index contributed by atoms with van der Waals surface area (Å²) in [5.74, 6) is 0. The molecule has 0 aliphatic heterocycles. The SMILES string of the molecule is CCc1cc(CC)cc(C2=C3C=C(SC)C=C3C(SC)=C2)c1. The average Bonchev–Trinajstić information content (AvgIpc) is 3.12. The second kappa shape index (κ2) is 6.55. The van der Waals surface area contributed by atoms with Crippen LogP contribution in [0.3, 0.4) is 0 Å². The molecule has 1 aromatic rings. The van der Waals surface area contributed by atoms with Crippen LogP contribution >= 0.6 is 23.5 Å². The number of aryl methyl sites for hydroxylation is 2. The zero-order valence-electron chi connectivity index (χ0n) is 13.7. The normalized spacial score (nSPS) is 16.6. The minimum atomic E-state index is 1.09. The van der Waals surface area contributed by atoms with E-state index < -0.39 is 0 Å². The van der Waals surface area contributed by atoms with E-state index in [2.05, 4.69) is 62.8 Å². The molecule has 0 nitrogen and oxygen atoms in total. The van der Waals surface area contributed by atoms with E-state index in [1.165, 1.54) is 43.2 Å². The maximum atomic E-state index is 2.37. The molecule has 3 rings (SSSR count). The Kier molecular flexibility index (Phi) is 4.70. The molecule has 0 spiro atoms. The van der Waals surface area contributed by atoms with Crippen molar-refractivity contribution in [1.29, 1.82) is 0 Å². The zero-order chi connectivity index (χ0) is 15.7. The second-order valence-electron chi connectivity index (χ2n) is 5.59. The molecule has 1 aromatic carbocycles. The lowest BCUT2D eigenvalue weighted by Crippen LogP contribution is -1.91. The van der Waals surface area contributed by atoms with Gasteiger partial charge >= 0.3 is 0 Å². The molecule has 0 saturated carbocycles. The van der Waals surface area contributed by atoms with Crippen molar-refractivity contribution in [3.8, 4) is 0 Å². The first kappa shape index (κ1) is 15.8. The van der Waals surface area contributed by atoms with Gasteiger partial charge in [-0.05, 0) is 77.0 Å². The lowest BCUT2D eigenvalue weighted by Gasteiger charge is -2.09. The van der Waals surface area contributed by atoms with Gasteiger partial charge in [0.25, 0.3) is 0 Å². The van der Waals surface area contributed by atoms with Crippen molar-refractivity contribution in [3.05, 3.63) is 74.1 Å². The molecule has 22 heavy (non-hydrogen) atoms. The molecule has 2 aliphatic rings. The minimum absolute atomic E-state index is 1.09. The topological polar surface area (TPSA) is 0 Å². The molecule has 0 bridgehead atoms. The van der Waals surface area contributed by atoms with Gasteiger partial charge in [-0.15, -0.1) is 23.5 Å². The molecule has 0 fully saturated rings. The van der Waals surface area contributed by atoms with Gasteiger partial charge < -0.3 is 0 Å². The zero-order valence-corrected chi connectivity index (χ0v) is 15.3. The Balaban J connectivity index is 2.15. The maximum Gasteiger partial charge on any atom is 0.0155 e. The van der Waals surface area contributed by atoms with Gasteiger partial charge in [0.1, 0.15) is 0 Å². The smallest absolute Gasteiger partial charge is 0.0155 e. The number of thioether (sulfide) groups is 2. The molecular formula is C20H22S2. The summed E-state index contributed by atoms with van der Waals surface area (Å²) in [5.41, 5.74) is 8.46. The number of hydrogen-bond donors (Lipinski definition) is 0. The van der Waals surface area contributed by atoms with Crippen LogP contribution < -0.4 is 0 Å². The van der Waals surface area contributed by atoms with Crippen LogP contribution in [-0.2, 0) is 12.8 Å². The molecule has 0 atom stereocenters. The van der Waals surface area contributed by atoms with Crippen LogP contribution in [0.4, 0.5) is 0 Å². The predicted molar refractivity (Wildman–Crippen MR) is 103 cm³/mol. The van der Waals surface area contributed by atoms with Crippen LogP contribution in [0.15, 0.2) is 57.4 Å². The van der Waals surface area contributed by atoms with E-state index in [1.54, 1.807) is 0 Å². The molecule has 114 valence electrons. The summed E-state index contributed by atoms with van der Waals surface area (Å²) >= 11 is 3.68. The highest BCUT2D eigenvalue weighted by Crippen LogP contribution is 2.47. The molecule has 0 aromatic heterocycles. The van der Waals surface area contributed by atoms with Gasteiger partial charge in [0.2, 0.25) is 0 Å². The monoisotopic (exact) mass is 326 g/mol. The third-order valence-corrected chi connectivity index (χ3v) is 5.81. The van der Waals surface area contributed by atoms with E-state index in [4.69, 9.17) is 0 Å². The Bertz CT molecular complexity index is 708. The van der Waals surface area contributed by atoms with Crippen molar-refractivity contribution in [3.63, 3.8) is 0 Å². The van der Waals surface area contributed by atoms with Crippen LogP contribution in [0.2, 0.25) is 0 Å². The molecule has 0 amide bonds. The van der Waals surface area contributed by atoms with Gasteiger partial charge in [-0.1, -0.05) is 32.0 Å². The standard InChI is InChI=1S/C20H22S2/c1-5-13-7-14(6-2)9-15(8-13)17-12-20(22-4)19-11-16(21-3)10-18(17)19/h7-12H,5-6H2,1-4H3. The molecule has 0 N–H and O–H groups in total. The Morgan fingerprint density at radius 2 is 1.45 bits per heavy atom. The summed E-state index contributed by atoms with van der Waals surface area (Å²) < 4.78 is 0. The summed E-state index contributed by atoms with van der Waals surface area (Å²) in [6.45, 7) is 4.47. The van der Waals surface area contributed by atoms with Gasteiger partial charge in [-0.3, -0.25) is 0 Å². The summed E-state index contributed by atoms with van der Waals surface area (Å²) in [6.07, 6.45) is 13.6. The van der Waals surface area contributed by atoms with E-state index in [0.29, 0.717) is 0 Å². The average molecular weight is 327 g/mol.